The van der Waals surface area contributed by atoms with Gasteiger partial charge in [-0.25, -0.2) is 4.98 Å². The predicted molar refractivity (Wildman–Crippen MR) is 76.1 cm³/mol. The SMILES string of the molecule is Cc1cn(CC(C)C)c(N2CC(C)NC(C)C2)n1. The van der Waals surface area contributed by atoms with Gasteiger partial charge in [0, 0.05) is 37.9 Å². The molecule has 0 saturated carbocycles. The molecule has 1 aliphatic rings. The molecule has 1 aromatic heterocycles. The molecule has 1 saturated heterocycles. The fraction of sp³-hybridized carbons (Fsp3) is 0.786. The topological polar surface area (TPSA) is 33.1 Å². The largest absolute Gasteiger partial charge is 0.339 e. The van der Waals surface area contributed by atoms with E-state index < -0.39 is 0 Å². The number of nitrogens with one attached hydrogen (secondary N) is 1. The monoisotopic (exact) mass is 250 g/mol. The van der Waals surface area contributed by atoms with E-state index >= 15 is 0 Å². The van der Waals surface area contributed by atoms with Crippen LogP contribution in [0.5, 0.6) is 0 Å². The van der Waals surface area contributed by atoms with E-state index in [2.05, 4.69) is 55.6 Å². The van der Waals surface area contributed by atoms with Crippen LogP contribution < -0.4 is 10.2 Å². The summed E-state index contributed by atoms with van der Waals surface area (Å²) in [6.07, 6.45) is 2.17. The van der Waals surface area contributed by atoms with E-state index in [1.54, 1.807) is 0 Å². The molecule has 0 aliphatic carbocycles. The number of hydrogen-bond acceptors (Lipinski definition) is 3. The lowest BCUT2D eigenvalue weighted by molar-refractivity contribution is 0.397. The van der Waals surface area contributed by atoms with Crippen molar-refractivity contribution in [3.05, 3.63) is 11.9 Å². The van der Waals surface area contributed by atoms with Crippen LogP contribution in [-0.2, 0) is 6.54 Å². The number of aryl methyl sites for hydroxylation is 1. The molecule has 1 aromatic rings. The maximum absolute atomic E-state index is 4.72. The highest BCUT2D eigenvalue weighted by atomic mass is 15.3. The van der Waals surface area contributed by atoms with E-state index in [-0.39, 0.29) is 0 Å². The summed E-state index contributed by atoms with van der Waals surface area (Å²) in [5, 5.41) is 3.57. The second kappa shape index (κ2) is 5.31. The Morgan fingerprint density at radius 3 is 2.50 bits per heavy atom. The smallest absolute Gasteiger partial charge is 0.205 e. The summed E-state index contributed by atoms with van der Waals surface area (Å²) in [4.78, 5) is 7.14. The second-order valence-electron chi connectivity index (χ2n) is 6.10. The molecule has 2 unspecified atom stereocenters. The Bertz CT molecular complexity index is 386. The van der Waals surface area contributed by atoms with Crippen LogP contribution in [0.1, 0.15) is 33.4 Å². The van der Waals surface area contributed by atoms with Crippen LogP contribution in [0.15, 0.2) is 6.20 Å². The van der Waals surface area contributed by atoms with Crippen molar-refractivity contribution in [1.82, 2.24) is 14.9 Å². The Labute approximate surface area is 110 Å². The van der Waals surface area contributed by atoms with Crippen molar-refractivity contribution >= 4 is 5.95 Å². The molecule has 18 heavy (non-hydrogen) atoms. The standard InChI is InChI=1S/C14H26N4/c1-10(2)6-17-9-13(5)16-14(17)18-7-11(3)15-12(4)8-18/h9-12,15H,6-8H2,1-5H3. The number of nitrogens with zero attached hydrogens (tertiary/aromatic N) is 3. The maximum atomic E-state index is 4.72. The lowest BCUT2D eigenvalue weighted by atomic mass is 10.1. The number of hydrogen-bond donors (Lipinski definition) is 1. The van der Waals surface area contributed by atoms with Crippen LogP contribution in [0.25, 0.3) is 0 Å². The van der Waals surface area contributed by atoms with Gasteiger partial charge in [-0.05, 0) is 26.7 Å². The molecule has 1 N–H and O–H groups in total. The van der Waals surface area contributed by atoms with Gasteiger partial charge >= 0.3 is 0 Å². The number of imidazole rings is 1. The van der Waals surface area contributed by atoms with Gasteiger partial charge in [0.2, 0.25) is 5.95 Å². The van der Waals surface area contributed by atoms with Crippen molar-refractivity contribution in [3.63, 3.8) is 0 Å². The average Bonchev–Trinajstić information content (AvgIpc) is 2.56. The fourth-order valence-corrected chi connectivity index (χ4v) is 2.80. The van der Waals surface area contributed by atoms with E-state index in [1.807, 2.05) is 0 Å². The summed E-state index contributed by atoms with van der Waals surface area (Å²) < 4.78 is 2.31. The minimum atomic E-state index is 0.526. The molecule has 0 aromatic carbocycles. The average molecular weight is 250 g/mol. The van der Waals surface area contributed by atoms with E-state index in [0.29, 0.717) is 18.0 Å². The van der Waals surface area contributed by atoms with Crippen molar-refractivity contribution in [2.24, 2.45) is 5.92 Å². The minimum Gasteiger partial charge on any atom is -0.339 e. The summed E-state index contributed by atoms with van der Waals surface area (Å²) in [5.41, 5.74) is 1.12. The molecule has 0 radical (unpaired) electrons. The Balaban J connectivity index is 2.20. The lowest BCUT2D eigenvalue weighted by Gasteiger charge is -2.37. The molecule has 4 heteroatoms. The van der Waals surface area contributed by atoms with Crippen LogP contribution in [-0.4, -0.2) is 34.7 Å². The Morgan fingerprint density at radius 2 is 1.94 bits per heavy atom. The minimum absolute atomic E-state index is 0.526. The lowest BCUT2D eigenvalue weighted by Crippen LogP contribution is -2.55. The summed E-state index contributed by atoms with van der Waals surface area (Å²) in [6, 6.07) is 1.05. The van der Waals surface area contributed by atoms with Gasteiger partial charge < -0.3 is 14.8 Å². The Hall–Kier alpha value is -1.03. The molecule has 2 atom stereocenters. The Kier molecular flexibility index (Phi) is 3.95. The maximum Gasteiger partial charge on any atom is 0.205 e. The predicted octanol–water partition coefficient (Wildman–Crippen LogP) is 2.03. The van der Waals surface area contributed by atoms with Crippen LogP contribution in [0.2, 0.25) is 0 Å². The van der Waals surface area contributed by atoms with Crippen LogP contribution in [0.4, 0.5) is 5.95 Å². The summed E-state index contributed by atoms with van der Waals surface area (Å²) in [5.74, 6) is 1.79. The third kappa shape index (κ3) is 3.05. The van der Waals surface area contributed by atoms with E-state index in [4.69, 9.17) is 4.98 Å². The molecule has 0 bridgehead atoms. The van der Waals surface area contributed by atoms with Gasteiger partial charge in [-0.3, -0.25) is 0 Å². The van der Waals surface area contributed by atoms with E-state index in [9.17, 15) is 0 Å². The van der Waals surface area contributed by atoms with Crippen LogP contribution in [0, 0.1) is 12.8 Å². The highest BCUT2D eigenvalue weighted by molar-refractivity contribution is 5.35. The zero-order valence-electron chi connectivity index (χ0n) is 12.3. The molecule has 102 valence electrons. The molecular formula is C14H26N4. The van der Waals surface area contributed by atoms with Gasteiger partial charge in [-0.15, -0.1) is 0 Å². The molecule has 0 spiro atoms. The van der Waals surface area contributed by atoms with E-state index in [0.717, 1.165) is 31.3 Å². The van der Waals surface area contributed by atoms with Gasteiger partial charge in [0.1, 0.15) is 0 Å². The van der Waals surface area contributed by atoms with Crippen molar-refractivity contribution in [2.45, 2.75) is 53.2 Å². The van der Waals surface area contributed by atoms with Gasteiger partial charge in [0.05, 0.1) is 5.69 Å². The first kappa shape index (κ1) is 13.4. The Morgan fingerprint density at radius 1 is 1.33 bits per heavy atom. The molecule has 1 aliphatic heterocycles. The van der Waals surface area contributed by atoms with E-state index in [1.165, 1.54) is 0 Å². The van der Waals surface area contributed by atoms with Crippen molar-refractivity contribution in [1.29, 1.82) is 0 Å². The van der Waals surface area contributed by atoms with Crippen molar-refractivity contribution < 1.29 is 0 Å². The first-order valence-electron chi connectivity index (χ1n) is 7.00. The first-order valence-corrected chi connectivity index (χ1v) is 7.00. The third-order valence-corrected chi connectivity index (χ3v) is 3.28. The van der Waals surface area contributed by atoms with Crippen molar-refractivity contribution in [3.8, 4) is 0 Å². The number of piperazine rings is 1. The molecule has 4 nitrogen and oxygen atoms in total. The highest BCUT2D eigenvalue weighted by Crippen LogP contribution is 2.19. The summed E-state index contributed by atoms with van der Waals surface area (Å²) in [6.45, 7) is 14.2. The van der Waals surface area contributed by atoms with Crippen LogP contribution in [0.3, 0.4) is 0 Å². The van der Waals surface area contributed by atoms with Gasteiger partial charge in [-0.1, -0.05) is 13.8 Å². The third-order valence-electron chi connectivity index (χ3n) is 3.28. The number of rotatable bonds is 3. The fourth-order valence-electron chi connectivity index (χ4n) is 2.80. The van der Waals surface area contributed by atoms with Gasteiger partial charge in [0.25, 0.3) is 0 Å². The second-order valence-corrected chi connectivity index (χ2v) is 6.10. The highest BCUT2D eigenvalue weighted by Gasteiger charge is 2.24. The van der Waals surface area contributed by atoms with Crippen molar-refractivity contribution in [2.75, 3.05) is 18.0 Å². The first-order chi connectivity index (χ1) is 8.45. The van der Waals surface area contributed by atoms with Gasteiger partial charge in [-0.2, -0.15) is 0 Å². The zero-order valence-corrected chi connectivity index (χ0v) is 12.3. The van der Waals surface area contributed by atoms with Gasteiger partial charge in [0.15, 0.2) is 0 Å². The normalized spacial score (nSPS) is 24.9. The molecular weight excluding hydrogens is 224 g/mol. The number of anilines is 1. The van der Waals surface area contributed by atoms with Crippen LogP contribution >= 0.6 is 0 Å². The molecule has 2 heterocycles. The quantitative estimate of drug-likeness (QED) is 0.891. The molecule has 2 rings (SSSR count). The molecule has 1 fully saturated rings. The summed E-state index contributed by atoms with van der Waals surface area (Å²) >= 11 is 0. The summed E-state index contributed by atoms with van der Waals surface area (Å²) in [7, 11) is 0. The molecule has 0 amide bonds. The zero-order chi connectivity index (χ0) is 13.3. The number of aromatic nitrogens is 2.